The molecule has 0 atom stereocenters. The first kappa shape index (κ1) is 13.7. The Bertz CT molecular complexity index is 387. The topological polar surface area (TPSA) is 52.4 Å². The molecule has 0 heterocycles. The summed E-state index contributed by atoms with van der Waals surface area (Å²) >= 11 is 5.51. The van der Waals surface area contributed by atoms with Gasteiger partial charge in [-0.15, -0.1) is 11.6 Å². The van der Waals surface area contributed by atoms with Crippen LogP contribution in [-0.2, 0) is 0 Å². The van der Waals surface area contributed by atoms with Gasteiger partial charge < -0.3 is 4.74 Å². The maximum atomic E-state index is 12.8. The van der Waals surface area contributed by atoms with E-state index < -0.39 is 10.7 Å². The maximum absolute atomic E-state index is 12.8. The third-order valence-electron chi connectivity index (χ3n) is 2.15. The highest BCUT2D eigenvalue weighted by Gasteiger charge is 2.15. The van der Waals surface area contributed by atoms with Gasteiger partial charge in [0.1, 0.15) is 5.82 Å². The van der Waals surface area contributed by atoms with Crippen LogP contribution in [0.4, 0.5) is 10.1 Å². The Morgan fingerprint density at radius 3 is 2.76 bits per heavy atom. The van der Waals surface area contributed by atoms with Gasteiger partial charge in [0.25, 0.3) is 0 Å². The zero-order valence-electron chi connectivity index (χ0n) is 9.20. The van der Waals surface area contributed by atoms with Gasteiger partial charge in [0.15, 0.2) is 5.75 Å². The minimum atomic E-state index is -0.656. The molecule has 0 radical (unpaired) electrons. The molecule has 0 aliphatic carbocycles. The van der Waals surface area contributed by atoms with E-state index in [2.05, 4.69) is 0 Å². The van der Waals surface area contributed by atoms with Crippen molar-refractivity contribution in [1.29, 1.82) is 0 Å². The highest BCUT2D eigenvalue weighted by molar-refractivity contribution is 6.17. The van der Waals surface area contributed by atoms with Crippen LogP contribution in [0.15, 0.2) is 18.2 Å². The molecule has 0 N–H and O–H groups in total. The second-order valence-corrected chi connectivity index (χ2v) is 3.85. The summed E-state index contributed by atoms with van der Waals surface area (Å²) in [4.78, 5) is 10.00. The maximum Gasteiger partial charge on any atom is 0.313 e. The average molecular weight is 262 g/mol. The average Bonchev–Trinajstić information content (AvgIpc) is 2.30. The first-order chi connectivity index (χ1) is 8.15. The SMILES string of the molecule is O=[N+]([O-])c1cc(F)ccc1OCCCCCCl. The molecule has 0 bridgehead atoms. The lowest BCUT2D eigenvalue weighted by Crippen LogP contribution is -2.01. The van der Waals surface area contributed by atoms with Gasteiger partial charge in [-0.25, -0.2) is 4.39 Å². The molecule has 17 heavy (non-hydrogen) atoms. The zero-order chi connectivity index (χ0) is 12.7. The van der Waals surface area contributed by atoms with E-state index in [0.29, 0.717) is 12.5 Å². The smallest absolute Gasteiger partial charge is 0.313 e. The molecule has 4 nitrogen and oxygen atoms in total. The molecule has 1 aromatic carbocycles. The summed E-state index contributed by atoms with van der Waals surface area (Å²) in [5, 5.41) is 10.7. The van der Waals surface area contributed by atoms with Crippen molar-refractivity contribution in [2.24, 2.45) is 0 Å². The molecular formula is C11H13ClFNO3. The largest absolute Gasteiger partial charge is 0.487 e. The fourth-order valence-electron chi connectivity index (χ4n) is 1.31. The molecule has 0 saturated carbocycles. The van der Waals surface area contributed by atoms with Gasteiger partial charge in [0.2, 0.25) is 0 Å². The summed E-state index contributed by atoms with van der Waals surface area (Å²) in [7, 11) is 0. The number of nitro benzene ring substituents is 1. The van der Waals surface area contributed by atoms with Crippen molar-refractivity contribution in [3.63, 3.8) is 0 Å². The second kappa shape index (κ2) is 7.06. The number of benzene rings is 1. The highest BCUT2D eigenvalue weighted by Crippen LogP contribution is 2.27. The fraction of sp³-hybridized carbons (Fsp3) is 0.455. The fourth-order valence-corrected chi connectivity index (χ4v) is 1.50. The number of ether oxygens (including phenoxy) is 1. The predicted octanol–water partition coefficient (Wildman–Crippen LogP) is 3.52. The number of nitro groups is 1. The summed E-state index contributed by atoms with van der Waals surface area (Å²) in [6.07, 6.45) is 2.55. The van der Waals surface area contributed by atoms with Gasteiger partial charge in [0.05, 0.1) is 17.6 Å². The van der Waals surface area contributed by atoms with Crippen LogP contribution in [0.2, 0.25) is 0 Å². The van der Waals surface area contributed by atoms with Crippen LogP contribution in [0, 0.1) is 15.9 Å². The van der Waals surface area contributed by atoms with Crippen LogP contribution in [0.3, 0.4) is 0 Å². The first-order valence-electron chi connectivity index (χ1n) is 5.28. The van der Waals surface area contributed by atoms with Crippen LogP contribution < -0.4 is 4.74 Å². The van der Waals surface area contributed by atoms with E-state index in [0.717, 1.165) is 31.4 Å². The summed E-state index contributed by atoms with van der Waals surface area (Å²) in [5.74, 6) is 0.0462. The normalized spacial score (nSPS) is 10.2. The minimum Gasteiger partial charge on any atom is -0.487 e. The quantitative estimate of drug-likeness (QED) is 0.327. The molecule has 0 amide bonds. The van der Waals surface area contributed by atoms with E-state index in [4.69, 9.17) is 16.3 Å². The number of alkyl halides is 1. The third-order valence-corrected chi connectivity index (χ3v) is 2.42. The standard InChI is InChI=1S/C11H13ClFNO3/c12-6-2-1-3-7-17-11-5-4-9(13)8-10(11)14(15)16/h4-5,8H,1-3,6-7H2. The molecule has 0 fully saturated rings. The molecule has 0 spiro atoms. The molecule has 0 saturated heterocycles. The van der Waals surface area contributed by atoms with E-state index in [-0.39, 0.29) is 11.4 Å². The molecule has 94 valence electrons. The lowest BCUT2D eigenvalue weighted by Gasteiger charge is -2.06. The molecule has 0 aliphatic heterocycles. The number of halogens is 2. The lowest BCUT2D eigenvalue weighted by atomic mass is 10.2. The van der Waals surface area contributed by atoms with E-state index in [1.54, 1.807) is 0 Å². The zero-order valence-corrected chi connectivity index (χ0v) is 9.95. The van der Waals surface area contributed by atoms with Crippen molar-refractivity contribution < 1.29 is 14.1 Å². The second-order valence-electron chi connectivity index (χ2n) is 3.47. The summed E-state index contributed by atoms with van der Waals surface area (Å²) in [5.41, 5.74) is -0.345. The van der Waals surface area contributed by atoms with Gasteiger partial charge in [0, 0.05) is 5.88 Å². The van der Waals surface area contributed by atoms with Crippen LogP contribution in [0.5, 0.6) is 5.75 Å². The van der Waals surface area contributed by atoms with Gasteiger partial charge in [-0.2, -0.15) is 0 Å². The minimum absolute atomic E-state index is 0.0993. The Morgan fingerprint density at radius 2 is 2.12 bits per heavy atom. The Hall–Kier alpha value is -1.36. The molecule has 1 rings (SSSR count). The van der Waals surface area contributed by atoms with Crippen LogP contribution in [0.1, 0.15) is 19.3 Å². The first-order valence-corrected chi connectivity index (χ1v) is 5.81. The molecule has 0 aliphatic rings. The Balaban J connectivity index is 2.55. The summed E-state index contributed by atoms with van der Waals surface area (Å²) in [6, 6.07) is 3.27. The molecule has 0 unspecified atom stereocenters. The van der Waals surface area contributed by atoms with Crippen LogP contribution >= 0.6 is 11.6 Å². The third kappa shape index (κ3) is 4.56. The summed E-state index contributed by atoms with van der Waals surface area (Å²) in [6.45, 7) is 0.364. The number of hydrogen-bond acceptors (Lipinski definition) is 3. The Kier molecular flexibility index (Phi) is 5.69. The van der Waals surface area contributed by atoms with Gasteiger partial charge in [-0.3, -0.25) is 10.1 Å². The monoisotopic (exact) mass is 261 g/mol. The van der Waals surface area contributed by atoms with E-state index >= 15 is 0 Å². The van der Waals surface area contributed by atoms with Crippen molar-refractivity contribution >= 4 is 17.3 Å². The predicted molar refractivity (Wildman–Crippen MR) is 63.1 cm³/mol. The van der Waals surface area contributed by atoms with Crippen LogP contribution in [-0.4, -0.2) is 17.4 Å². The van der Waals surface area contributed by atoms with Crippen molar-refractivity contribution in [2.75, 3.05) is 12.5 Å². The number of rotatable bonds is 7. The molecule has 0 aromatic heterocycles. The van der Waals surface area contributed by atoms with Crippen molar-refractivity contribution in [2.45, 2.75) is 19.3 Å². The van der Waals surface area contributed by atoms with Crippen molar-refractivity contribution in [3.8, 4) is 5.75 Å². The van der Waals surface area contributed by atoms with Crippen molar-refractivity contribution in [1.82, 2.24) is 0 Å². The number of hydrogen-bond donors (Lipinski definition) is 0. The lowest BCUT2D eigenvalue weighted by molar-refractivity contribution is -0.386. The number of nitrogens with zero attached hydrogens (tertiary/aromatic N) is 1. The van der Waals surface area contributed by atoms with Gasteiger partial charge in [-0.1, -0.05) is 0 Å². The number of unbranched alkanes of at least 4 members (excludes halogenated alkanes) is 2. The van der Waals surface area contributed by atoms with Gasteiger partial charge >= 0.3 is 5.69 Å². The molecule has 6 heteroatoms. The molecule has 1 aromatic rings. The van der Waals surface area contributed by atoms with E-state index in [1.807, 2.05) is 0 Å². The highest BCUT2D eigenvalue weighted by atomic mass is 35.5. The molecular weight excluding hydrogens is 249 g/mol. The summed E-state index contributed by atoms with van der Waals surface area (Å²) < 4.78 is 18.1. The Labute approximate surface area is 103 Å². The van der Waals surface area contributed by atoms with E-state index in [1.165, 1.54) is 6.07 Å². The van der Waals surface area contributed by atoms with Crippen LogP contribution in [0.25, 0.3) is 0 Å². The van der Waals surface area contributed by atoms with Gasteiger partial charge in [-0.05, 0) is 31.4 Å². The Morgan fingerprint density at radius 1 is 1.35 bits per heavy atom. The van der Waals surface area contributed by atoms with Crippen molar-refractivity contribution in [3.05, 3.63) is 34.1 Å². The van der Waals surface area contributed by atoms with E-state index in [9.17, 15) is 14.5 Å².